The lowest BCUT2D eigenvalue weighted by molar-refractivity contribution is 0.139. The Bertz CT molecular complexity index is 327. The fourth-order valence-electron chi connectivity index (χ4n) is 1.78. The molecule has 4 heteroatoms. The molecular weight excluding hydrogens is 280 g/mol. The third kappa shape index (κ3) is 5.64. The van der Waals surface area contributed by atoms with Crippen molar-refractivity contribution >= 4 is 15.9 Å². The van der Waals surface area contributed by atoms with Crippen LogP contribution >= 0.6 is 15.9 Å². The van der Waals surface area contributed by atoms with Crippen LogP contribution in [0.3, 0.4) is 0 Å². The van der Waals surface area contributed by atoms with E-state index in [1.54, 1.807) is 6.92 Å². The molecule has 1 rings (SSSR count). The van der Waals surface area contributed by atoms with Gasteiger partial charge in [-0.3, -0.25) is 0 Å². The van der Waals surface area contributed by atoms with Crippen LogP contribution < -0.4 is 5.73 Å². The molecule has 2 atom stereocenters. The molecule has 3 nitrogen and oxygen atoms in total. The summed E-state index contributed by atoms with van der Waals surface area (Å²) in [5.74, 6) is 0. The van der Waals surface area contributed by atoms with Crippen LogP contribution in [0.15, 0.2) is 28.7 Å². The summed E-state index contributed by atoms with van der Waals surface area (Å²) in [5, 5.41) is 9.26. The second-order valence-corrected chi connectivity index (χ2v) is 5.47. The number of nitrogens with zero attached hydrogens (tertiary/aromatic N) is 1. The molecule has 17 heavy (non-hydrogen) atoms. The quantitative estimate of drug-likeness (QED) is 0.846. The van der Waals surface area contributed by atoms with Crippen molar-refractivity contribution in [3.05, 3.63) is 34.3 Å². The van der Waals surface area contributed by atoms with Crippen LogP contribution in [-0.4, -0.2) is 36.2 Å². The molecule has 3 N–H and O–H groups in total. The maximum Gasteiger partial charge on any atom is 0.0638 e. The molecule has 0 saturated carbocycles. The van der Waals surface area contributed by atoms with E-state index in [9.17, 15) is 5.11 Å². The van der Waals surface area contributed by atoms with Gasteiger partial charge >= 0.3 is 0 Å². The Morgan fingerprint density at radius 1 is 1.35 bits per heavy atom. The summed E-state index contributed by atoms with van der Waals surface area (Å²) in [7, 11) is 2.00. The van der Waals surface area contributed by atoms with Crippen LogP contribution in [0.4, 0.5) is 0 Å². The van der Waals surface area contributed by atoms with Crippen LogP contribution in [0.2, 0.25) is 0 Å². The number of hydrogen-bond acceptors (Lipinski definition) is 3. The van der Waals surface area contributed by atoms with E-state index >= 15 is 0 Å². The minimum Gasteiger partial charge on any atom is -0.392 e. The first kappa shape index (κ1) is 14.6. The average Bonchev–Trinajstić information content (AvgIpc) is 2.26. The highest BCUT2D eigenvalue weighted by atomic mass is 79.9. The topological polar surface area (TPSA) is 49.5 Å². The molecule has 0 spiro atoms. The lowest BCUT2D eigenvalue weighted by atomic mass is 10.0. The van der Waals surface area contributed by atoms with Crippen molar-refractivity contribution in [2.45, 2.75) is 25.5 Å². The minimum atomic E-state index is -0.288. The Hall–Kier alpha value is -0.420. The molecule has 1 aromatic rings. The van der Waals surface area contributed by atoms with Gasteiger partial charge in [-0.2, -0.15) is 0 Å². The number of hydrogen-bond donors (Lipinski definition) is 2. The molecular formula is C13H21BrN2O. The second-order valence-electron chi connectivity index (χ2n) is 4.56. The molecule has 96 valence electrons. The van der Waals surface area contributed by atoms with E-state index in [1.165, 1.54) is 0 Å². The number of rotatable bonds is 6. The molecule has 0 heterocycles. The largest absolute Gasteiger partial charge is 0.392 e. The predicted molar refractivity (Wildman–Crippen MR) is 74.9 cm³/mol. The van der Waals surface area contributed by atoms with Gasteiger partial charge in [0.1, 0.15) is 0 Å². The zero-order valence-electron chi connectivity index (χ0n) is 10.4. The van der Waals surface area contributed by atoms with Gasteiger partial charge in [-0.25, -0.2) is 0 Å². The second kappa shape index (κ2) is 7.11. The van der Waals surface area contributed by atoms with Crippen molar-refractivity contribution < 1.29 is 5.11 Å². The van der Waals surface area contributed by atoms with Gasteiger partial charge in [0.2, 0.25) is 0 Å². The lowest BCUT2D eigenvalue weighted by Crippen LogP contribution is -2.30. The fourth-order valence-corrected chi connectivity index (χ4v) is 2.04. The van der Waals surface area contributed by atoms with Gasteiger partial charge in [-0.1, -0.05) is 28.1 Å². The van der Waals surface area contributed by atoms with E-state index in [1.807, 2.05) is 31.3 Å². The molecule has 0 aromatic heterocycles. The highest BCUT2D eigenvalue weighted by molar-refractivity contribution is 9.10. The monoisotopic (exact) mass is 300 g/mol. The SMILES string of the molecule is CC(O)CN(C)CCC(N)c1ccc(Br)cc1. The first-order valence-electron chi connectivity index (χ1n) is 5.86. The van der Waals surface area contributed by atoms with E-state index in [0.29, 0.717) is 6.54 Å². The van der Waals surface area contributed by atoms with Crippen LogP contribution in [0, 0.1) is 0 Å². The maximum absolute atomic E-state index is 9.26. The number of nitrogens with two attached hydrogens (primary N) is 1. The van der Waals surface area contributed by atoms with E-state index in [-0.39, 0.29) is 12.1 Å². The number of halogens is 1. The van der Waals surface area contributed by atoms with Crippen LogP contribution in [0.5, 0.6) is 0 Å². The number of benzene rings is 1. The van der Waals surface area contributed by atoms with Crippen LogP contribution in [-0.2, 0) is 0 Å². The summed E-state index contributed by atoms with van der Waals surface area (Å²) >= 11 is 3.41. The zero-order valence-corrected chi connectivity index (χ0v) is 12.0. The molecule has 0 aliphatic heterocycles. The predicted octanol–water partition coefficient (Wildman–Crippen LogP) is 2.15. The highest BCUT2D eigenvalue weighted by Crippen LogP contribution is 2.17. The lowest BCUT2D eigenvalue weighted by Gasteiger charge is -2.20. The smallest absolute Gasteiger partial charge is 0.0638 e. The minimum absolute atomic E-state index is 0.0551. The van der Waals surface area contributed by atoms with Gasteiger partial charge in [-0.15, -0.1) is 0 Å². The third-order valence-electron chi connectivity index (χ3n) is 2.70. The van der Waals surface area contributed by atoms with Gasteiger partial charge in [0.05, 0.1) is 6.10 Å². The zero-order chi connectivity index (χ0) is 12.8. The van der Waals surface area contributed by atoms with Crippen molar-refractivity contribution in [2.75, 3.05) is 20.1 Å². The molecule has 0 aliphatic rings. The Morgan fingerprint density at radius 3 is 2.47 bits per heavy atom. The summed E-state index contributed by atoms with van der Waals surface area (Å²) in [4.78, 5) is 2.10. The molecule has 0 amide bonds. The first-order chi connectivity index (χ1) is 7.99. The normalized spacial score (nSPS) is 14.9. The van der Waals surface area contributed by atoms with Gasteiger partial charge in [0.25, 0.3) is 0 Å². The van der Waals surface area contributed by atoms with Crippen LogP contribution in [0.1, 0.15) is 24.9 Å². The number of likely N-dealkylation sites (N-methyl/N-ethyl adjacent to an activating group) is 1. The van der Waals surface area contributed by atoms with Crippen molar-refractivity contribution in [2.24, 2.45) is 5.73 Å². The Kier molecular flexibility index (Phi) is 6.12. The summed E-state index contributed by atoms with van der Waals surface area (Å²) in [6.07, 6.45) is 0.606. The summed E-state index contributed by atoms with van der Waals surface area (Å²) in [6.45, 7) is 3.38. The van der Waals surface area contributed by atoms with Gasteiger partial charge in [0, 0.05) is 17.1 Å². The van der Waals surface area contributed by atoms with Crippen LogP contribution in [0.25, 0.3) is 0 Å². The molecule has 0 radical (unpaired) electrons. The van der Waals surface area contributed by atoms with Crippen molar-refractivity contribution in [1.29, 1.82) is 0 Å². The van der Waals surface area contributed by atoms with Crippen molar-refractivity contribution in [1.82, 2.24) is 4.90 Å². The van der Waals surface area contributed by atoms with E-state index in [4.69, 9.17) is 5.73 Å². The van der Waals surface area contributed by atoms with Crippen molar-refractivity contribution in [3.63, 3.8) is 0 Å². The summed E-state index contributed by atoms with van der Waals surface area (Å²) < 4.78 is 1.07. The number of aliphatic hydroxyl groups excluding tert-OH is 1. The Labute approximate surface area is 112 Å². The average molecular weight is 301 g/mol. The summed E-state index contributed by atoms with van der Waals surface area (Å²) in [5.41, 5.74) is 7.27. The third-order valence-corrected chi connectivity index (χ3v) is 3.22. The van der Waals surface area contributed by atoms with Gasteiger partial charge in [-0.05, 0) is 44.6 Å². The Balaban J connectivity index is 2.39. The van der Waals surface area contributed by atoms with Crippen molar-refractivity contribution in [3.8, 4) is 0 Å². The van der Waals surface area contributed by atoms with E-state index in [2.05, 4.69) is 20.8 Å². The number of aliphatic hydroxyl groups is 1. The standard InChI is InChI=1S/C13H21BrN2O/c1-10(17)9-16(2)8-7-13(15)11-3-5-12(14)6-4-11/h3-6,10,13,17H,7-9,15H2,1-2H3. The fraction of sp³-hybridized carbons (Fsp3) is 0.538. The highest BCUT2D eigenvalue weighted by Gasteiger charge is 2.08. The van der Waals surface area contributed by atoms with Gasteiger partial charge in [0.15, 0.2) is 0 Å². The first-order valence-corrected chi connectivity index (χ1v) is 6.66. The van der Waals surface area contributed by atoms with E-state index < -0.39 is 0 Å². The molecule has 1 aromatic carbocycles. The van der Waals surface area contributed by atoms with E-state index in [0.717, 1.165) is 23.0 Å². The molecule has 0 aliphatic carbocycles. The molecule has 2 unspecified atom stereocenters. The molecule has 0 bridgehead atoms. The summed E-state index contributed by atoms with van der Waals surface area (Å²) in [6, 6.07) is 8.16. The maximum atomic E-state index is 9.26. The molecule has 0 saturated heterocycles. The Morgan fingerprint density at radius 2 is 1.94 bits per heavy atom. The van der Waals surface area contributed by atoms with Gasteiger partial charge < -0.3 is 15.7 Å². The molecule has 0 fully saturated rings.